The van der Waals surface area contributed by atoms with Gasteiger partial charge in [-0.25, -0.2) is 0 Å². The van der Waals surface area contributed by atoms with Crippen molar-refractivity contribution in [3.63, 3.8) is 0 Å². The second kappa shape index (κ2) is 16.6. The minimum absolute atomic E-state index is 0.103. The van der Waals surface area contributed by atoms with Crippen molar-refractivity contribution in [1.82, 2.24) is 0 Å². The van der Waals surface area contributed by atoms with Crippen molar-refractivity contribution in [2.45, 2.75) is 157 Å². The molecule has 0 N–H and O–H groups in total. The van der Waals surface area contributed by atoms with Crippen molar-refractivity contribution in [2.24, 2.45) is 17.8 Å². The van der Waals surface area contributed by atoms with E-state index in [0.29, 0.717) is 6.42 Å². The molecule has 6 heteroatoms. The molecule has 4 heterocycles. The standard InChI is InChI=1S/C41H60O2S3Si/c1-8-13-16-17-18-19-22-31-37(42)35-28(7)45-39(36(35)38(31)43)32-24-34-41(46-32)40-33(23-27(6)44-40)47(34,25-29(11-4)20-14-9-2)26-30(12-5)21-15-10-3/h23-24,29-31H,8-22,25-26H2,1-7H3. The summed E-state index contributed by atoms with van der Waals surface area (Å²) in [5.74, 6) is 1.28. The van der Waals surface area contributed by atoms with E-state index in [0.717, 1.165) is 45.6 Å². The minimum Gasteiger partial charge on any atom is -0.293 e. The van der Waals surface area contributed by atoms with E-state index in [-0.39, 0.29) is 11.6 Å². The number of unbranched alkanes of at least 4 members (excludes halogenated alkanes) is 7. The first-order valence-electron chi connectivity index (χ1n) is 19.2. The lowest BCUT2D eigenvalue weighted by Crippen LogP contribution is -2.56. The Morgan fingerprint density at radius 2 is 1.19 bits per heavy atom. The zero-order valence-corrected chi connectivity index (χ0v) is 33.9. The van der Waals surface area contributed by atoms with Crippen LogP contribution in [0.4, 0.5) is 0 Å². The number of thiophene rings is 3. The molecular weight excluding hydrogens is 649 g/mol. The van der Waals surface area contributed by atoms with Gasteiger partial charge in [0.2, 0.25) is 0 Å². The molecule has 0 saturated carbocycles. The van der Waals surface area contributed by atoms with Gasteiger partial charge in [-0.1, -0.05) is 125 Å². The van der Waals surface area contributed by atoms with Gasteiger partial charge < -0.3 is 0 Å². The topological polar surface area (TPSA) is 34.1 Å². The van der Waals surface area contributed by atoms with E-state index in [1.165, 1.54) is 104 Å². The molecule has 0 aromatic carbocycles. The van der Waals surface area contributed by atoms with E-state index in [1.54, 1.807) is 26.6 Å². The van der Waals surface area contributed by atoms with E-state index < -0.39 is 14.0 Å². The van der Waals surface area contributed by atoms with Gasteiger partial charge >= 0.3 is 0 Å². The highest BCUT2D eigenvalue weighted by molar-refractivity contribution is 7.32. The number of hydrogen-bond acceptors (Lipinski definition) is 5. The van der Waals surface area contributed by atoms with E-state index >= 15 is 0 Å². The number of fused-ring (bicyclic) bond motifs is 4. The van der Waals surface area contributed by atoms with Gasteiger partial charge in [0.1, 0.15) is 8.07 Å². The molecule has 3 atom stereocenters. The number of hydrogen-bond donors (Lipinski definition) is 0. The summed E-state index contributed by atoms with van der Waals surface area (Å²) in [6, 6.07) is 7.88. The summed E-state index contributed by atoms with van der Waals surface area (Å²) < 4.78 is 0. The lowest BCUT2D eigenvalue weighted by molar-refractivity contribution is 0.0829. The maximum Gasteiger partial charge on any atom is 0.175 e. The lowest BCUT2D eigenvalue weighted by Gasteiger charge is -2.35. The van der Waals surface area contributed by atoms with E-state index in [1.807, 2.05) is 22.7 Å². The third-order valence-corrected chi connectivity index (χ3v) is 20.9. The van der Waals surface area contributed by atoms with Crippen molar-refractivity contribution in [3.05, 3.63) is 33.0 Å². The van der Waals surface area contributed by atoms with Crippen LogP contribution in [0.2, 0.25) is 12.1 Å². The van der Waals surface area contributed by atoms with E-state index in [4.69, 9.17) is 0 Å². The molecule has 2 nitrogen and oxygen atoms in total. The molecule has 5 rings (SSSR count). The summed E-state index contributed by atoms with van der Waals surface area (Å²) in [5, 5.41) is 3.40. The fourth-order valence-electron chi connectivity index (χ4n) is 8.71. The van der Waals surface area contributed by atoms with Crippen LogP contribution in [0.15, 0.2) is 12.1 Å². The Bertz CT molecular complexity index is 1510. The van der Waals surface area contributed by atoms with Crippen LogP contribution >= 0.6 is 34.0 Å². The number of rotatable bonds is 20. The maximum atomic E-state index is 14.1. The second-order valence-corrected chi connectivity index (χ2v) is 22.4. The Hall–Kier alpha value is -1.34. The van der Waals surface area contributed by atoms with E-state index in [9.17, 15) is 9.59 Å². The summed E-state index contributed by atoms with van der Waals surface area (Å²) >= 11 is 5.66. The molecule has 0 fully saturated rings. The van der Waals surface area contributed by atoms with Crippen LogP contribution in [-0.2, 0) is 0 Å². The average molecular weight is 709 g/mol. The molecule has 0 spiro atoms. The zero-order chi connectivity index (χ0) is 33.7. The Balaban J connectivity index is 1.54. The maximum absolute atomic E-state index is 14.1. The monoisotopic (exact) mass is 708 g/mol. The van der Waals surface area contributed by atoms with Crippen LogP contribution in [0.5, 0.6) is 0 Å². The summed E-state index contributed by atoms with van der Waals surface area (Å²) in [6.45, 7) is 16.1. The van der Waals surface area contributed by atoms with Gasteiger partial charge in [0, 0.05) is 35.5 Å². The number of carbonyl (C=O) groups is 2. The number of ketones is 2. The quantitative estimate of drug-likeness (QED) is 0.0665. The fraction of sp³-hybridized carbons (Fsp3) is 0.659. The van der Waals surface area contributed by atoms with Crippen LogP contribution in [0, 0.1) is 31.6 Å². The van der Waals surface area contributed by atoms with Crippen molar-refractivity contribution < 1.29 is 9.59 Å². The normalized spacial score (nSPS) is 19.8. The molecule has 0 saturated heterocycles. The van der Waals surface area contributed by atoms with E-state index in [2.05, 4.69) is 60.6 Å². The Labute approximate surface area is 299 Å². The molecule has 0 radical (unpaired) electrons. The Kier molecular flexibility index (Phi) is 13.0. The smallest absolute Gasteiger partial charge is 0.175 e. The Morgan fingerprint density at radius 3 is 1.81 bits per heavy atom. The summed E-state index contributed by atoms with van der Waals surface area (Å²) in [4.78, 5) is 35.7. The van der Waals surface area contributed by atoms with Gasteiger partial charge in [-0.05, 0) is 66.7 Å². The predicted molar refractivity (Wildman–Crippen MR) is 212 cm³/mol. The van der Waals surface area contributed by atoms with Crippen molar-refractivity contribution in [2.75, 3.05) is 0 Å². The molecule has 2 aliphatic rings. The number of aryl methyl sites for hydroxylation is 2. The van der Waals surface area contributed by atoms with Crippen LogP contribution in [0.25, 0.3) is 19.5 Å². The van der Waals surface area contributed by atoms with Gasteiger partial charge in [-0.3, -0.25) is 9.59 Å². The highest BCUT2D eigenvalue weighted by Gasteiger charge is 2.50. The summed E-state index contributed by atoms with van der Waals surface area (Å²) in [7, 11) is -2.05. The number of carbonyl (C=O) groups excluding carboxylic acids is 2. The third kappa shape index (κ3) is 7.42. The molecule has 3 aromatic heterocycles. The molecular formula is C41H60O2S3Si. The molecule has 1 aliphatic heterocycles. The summed E-state index contributed by atoms with van der Waals surface area (Å²) in [6.07, 6.45) is 18.2. The van der Waals surface area contributed by atoms with Crippen LogP contribution in [0.3, 0.4) is 0 Å². The molecule has 47 heavy (non-hydrogen) atoms. The molecule has 0 amide bonds. The molecule has 258 valence electrons. The molecule has 1 aliphatic carbocycles. The molecule has 0 bridgehead atoms. The minimum atomic E-state index is -2.05. The number of Topliss-reactive ketones (excluding diaryl/α,β-unsaturated/α-hetero) is 2. The van der Waals surface area contributed by atoms with Crippen molar-refractivity contribution in [3.8, 4) is 19.5 Å². The van der Waals surface area contributed by atoms with Crippen LogP contribution in [0.1, 0.15) is 161 Å². The zero-order valence-electron chi connectivity index (χ0n) is 30.4. The van der Waals surface area contributed by atoms with Gasteiger partial charge in [0.25, 0.3) is 0 Å². The Morgan fingerprint density at radius 1 is 0.638 bits per heavy atom. The van der Waals surface area contributed by atoms with Gasteiger partial charge in [-0.2, -0.15) is 0 Å². The molecule has 3 aromatic rings. The molecule has 3 unspecified atom stereocenters. The second-order valence-electron chi connectivity index (χ2n) is 14.9. The predicted octanol–water partition coefficient (Wildman–Crippen LogP) is 12.9. The largest absolute Gasteiger partial charge is 0.293 e. The van der Waals surface area contributed by atoms with Crippen molar-refractivity contribution in [1.29, 1.82) is 0 Å². The lowest BCUT2D eigenvalue weighted by atomic mass is 9.95. The first-order chi connectivity index (χ1) is 22.7. The highest BCUT2D eigenvalue weighted by Crippen LogP contribution is 2.51. The van der Waals surface area contributed by atoms with Gasteiger partial charge in [-0.15, -0.1) is 34.0 Å². The van der Waals surface area contributed by atoms with Crippen LogP contribution < -0.4 is 10.4 Å². The van der Waals surface area contributed by atoms with Gasteiger partial charge in [0.05, 0.1) is 10.8 Å². The summed E-state index contributed by atoms with van der Waals surface area (Å²) in [5.41, 5.74) is 1.53. The first-order valence-corrected chi connectivity index (χ1v) is 24.1. The SMILES string of the molecule is CCCCCCCCC1C(=O)c2c(C)sc(-c3cc4c(s3)-c3sc(C)cc3[Si]4(CC(CC)CCCC)CC(CC)CCCC)c2C1=O. The average Bonchev–Trinajstić information content (AvgIpc) is 3.85. The fourth-order valence-corrected chi connectivity index (χ4v) is 20.3. The van der Waals surface area contributed by atoms with Crippen molar-refractivity contribution >= 4 is 64.0 Å². The third-order valence-electron chi connectivity index (χ3n) is 11.5. The van der Waals surface area contributed by atoms with Gasteiger partial charge in [0.15, 0.2) is 11.6 Å². The van der Waals surface area contributed by atoms with Crippen LogP contribution in [-0.4, -0.2) is 19.6 Å². The highest BCUT2D eigenvalue weighted by atomic mass is 32.1. The first kappa shape index (κ1) is 36.9.